The number of benzene rings is 2. The first-order valence-corrected chi connectivity index (χ1v) is 8.82. The number of fused-ring (bicyclic) bond motifs is 1. The van der Waals surface area contributed by atoms with Crippen molar-refractivity contribution in [3.05, 3.63) is 59.7 Å². The highest BCUT2D eigenvalue weighted by Gasteiger charge is 2.41. The second kappa shape index (κ2) is 8.04. The molecule has 3 rings (SSSR count). The van der Waals surface area contributed by atoms with E-state index in [1.54, 1.807) is 31.2 Å². The van der Waals surface area contributed by atoms with Gasteiger partial charge in [-0.15, -0.1) is 0 Å². The van der Waals surface area contributed by atoms with Crippen LogP contribution in [0.5, 0.6) is 11.5 Å². The summed E-state index contributed by atoms with van der Waals surface area (Å²) in [6.45, 7) is 4.51. The molecule has 2 atom stereocenters. The Hall–Kier alpha value is -2.82. The molecule has 26 heavy (non-hydrogen) atoms. The molecular formula is C21H22O5. The Kier molecular flexibility index (Phi) is 5.56. The van der Waals surface area contributed by atoms with Crippen LogP contribution in [0.25, 0.3) is 0 Å². The molecule has 0 aromatic heterocycles. The Bertz CT molecular complexity index is 781. The van der Waals surface area contributed by atoms with E-state index in [2.05, 4.69) is 0 Å². The van der Waals surface area contributed by atoms with Gasteiger partial charge in [0, 0.05) is 23.5 Å². The van der Waals surface area contributed by atoms with Gasteiger partial charge in [-0.2, -0.15) is 0 Å². The molecule has 0 fully saturated rings. The van der Waals surface area contributed by atoms with Gasteiger partial charge in [0.25, 0.3) is 0 Å². The number of esters is 1. The third-order valence-corrected chi connectivity index (χ3v) is 4.35. The van der Waals surface area contributed by atoms with E-state index < -0.39 is 12.1 Å². The molecule has 1 heterocycles. The standard InChI is InChI=1S/C21H22O5/c1-3-24-15-11-9-14(10-12-15)18(22)13-17-16-7-5-6-8-19(16)26-20(17)21(23)25-4-2/h5-12,17,20H,3-4,13H2,1-2H3/t17-,20-/m1/s1. The van der Waals surface area contributed by atoms with Crippen LogP contribution in [-0.4, -0.2) is 31.1 Å². The largest absolute Gasteiger partial charge is 0.494 e. The molecule has 0 radical (unpaired) electrons. The second-order valence-electron chi connectivity index (χ2n) is 6.02. The molecule has 2 aromatic rings. The summed E-state index contributed by atoms with van der Waals surface area (Å²) in [4.78, 5) is 25.0. The highest BCUT2D eigenvalue weighted by molar-refractivity contribution is 5.97. The first kappa shape index (κ1) is 18.0. The van der Waals surface area contributed by atoms with Crippen LogP contribution in [0, 0.1) is 0 Å². The Morgan fingerprint density at radius 2 is 1.73 bits per heavy atom. The lowest BCUT2D eigenvalue weighted by molar-refractivity contribution is -0.151. The van der Waals surface area contributed by atoms with Gasteiger partial charge in [-0.25, -0.2) is 4.79 Å². The number of rotatable bonds is 7. The van der Waals surface area contributed by atoms with Crippen LogP contribution in [-0.2, 0) is 9.53 Å². The van der Waals surface area contributed by atoms with Gasteiger partial charge in [0.2, 0.25) is 6.10 Å². The summed E-state index contributed by atoms with van der Waals surface area (Å²) < 4.78 is 16.3. The van der Waals surface area contributed by atoms with Crippen molar-refractivity contribution in [2.45, 2.75) is 32.3 Å². The van der Waals surface area contributed by atoms with Crippen molar-refractivity contribution < 1.29 is 23.8 Å². The molecule has 0 saturated carbocycles. The molecule has 0 spiro atoms. The molecule has 5 nitrogen and oxygen atoms in total. The van der Waals surface area contributed by atoms with Crippen LogP contribution in [0.2, 0.25) is 0 Å². The number of carbonyl (C=O) groups is 2. The van der Waals surface area contributed by atoms with Gasteiger partial charge >= 0.3 is 5.97 Å². The second-order valence-corrected chi connectivity index (χ2v) is 6.02. The van der Waals surface area contributed by atoms with E-state index in [-0.39, 0.29) is 24.7 Å². The highest BCUT2D eigenvalue weighted by Crippen LogP contribution is 2.41. The fourth-order valence-corrected chi connectivity index (χ4v) is 3.15. The fraction of sp³-hybridized carbons (Fsp3) is 0.333. The molecule has 0 N–H and O–H groups in total. The number of ketones is 1. The maximum absolute atomic E-state index is 12.8. The topological polar surface area (TPSA) is 61.8 Å². The van der Waals surface area contributed by atoms with E-state index in [1.165, 1.54) is 0 Å². The monoisotopic (exact) mass is 354 g/mol. The van der Waals surface area contributed by atoms with Crippen molar-refractivity contribution in [3.63, 3.8) is 0 Å². The van der Waals surface area contributed by atoms with Gasteiger partial charge in [0.05, 0.1) is 13.2 Å². The van der Waals surface area contributed by atoms with Crippen LogP contribution in [0.4, 0.5) is 0 Å². The van der Waals surface area contributed by atoms with Gasteiger partial charge in [-0.05, 0) is 44.2 Å². The van der Waals surface area contributed by atoms with Crippen molar-refractivity contribution in [2.24, 2.45) is 0 Å². The Morgan fingerprint density at radius 3 is 2.42 bits per heavy atom. The molecular weight excluding hydrogens is 332 g/mol. The van der Waals surface area contributed by atoms with E-state index in [0.717, 1.165) is 11.3 Å². The minimum atomic E-state index is -0.793. The summed E-state index contributed by atoms with van der Waals surface area (Å²) in [6, 6.07) is 14.5. The number of hydrogen-bond acceptors (Lipinski definition) is 5. The molecule has 136 valence electrons. The maximum Gasteiger partial charge on any atom is 0.347 e. The molecule has 0 bridgehead atoms. The van der Waals surface area contributed by atoms with Crippen LogP contribution in [0.1, 0.15) is 42.1 Å². The number of para-hydroxylation sites is 1. The first-order chi connectivity index (χ1) is 12.6. The highest BCUT2D eigenvalue weighted by atomic mass is 16.6. The summed E-state index contributed by atoms with van der Waals surface area (Å²) in [5, 5.41) is 0. The van der Waals surface area contributed by atoms with Crippen LogP contribution in [0.15, 0.2) is 48.5 Å². The zero-order valence-electron chi connectivity index (χ0n) is 14.9. The van der Waals surface area contributed by atoms with Crippen LogP contribution >= 0.6 is 0 Å². The minimum Gasteiger partial charge on any atom is -0.494 e. The van der Waals surface area contributed by atoms with E-state index in [0.29, 0.717) is 17.9 Å². The fourth-order valence-electron chi connectivity index (χ4n) is 3.15. The summed E-state index contributed by atoms with van der Waals surface area (Å²) in [5.41, 5.74) is 1.45. The average Bonchev–Trinajstić information content (AvgIpc) is 3.01. The average molecular weight is 354 g/mol. The molecule has 1 aliphatic rings. The third-order valence-electron chi connectivity index (χ3n) is 4.35. The molecule has 0 saturated heterocycles. The Labute approximate surface area is 152 Å². The SMILES string of the molecule is CCOC(=O)[C@@H]1Oc2ccccc2[C@H]1CC(=O)c1ccc(OCC)cc1. The smallest absolute Gasteiger partial charge is 0.347 e. The number of ether oxygens (including phenoxy) is 3. The molecule has 5 heteroatoms. The summed E-state index contributed by atoms with van der Waals surface area (Å²) in [6.07, 6.45) is -0.618. The van der Waals surface area contributed by atoms with Gasteiger partial charge in [-0.3, -0.25) is 4.79 Å². The first-order valence-electron chi connectivity index (χ1n) is 8.82. The zero-order valence-corrected chi connectivity index (χ0v) is 14.9. The van der Waals surface area contributed by atoms with Crippen molar-refractivity contribution in [1.29, 1.82) is 0 Å². The molecule has 0 amide bonds. The summed E-state index contributed by atoms with van der Waals surface area (Å²) >= 11 is 0. The van der Waals surface area contributed by atoms with E-state index >= 15 is 0 Å². The summed E-state index contributed by atoms with van der Waals surface area (Å²) in [7, 11) is 0. The number of carbonyl (C=O) groups excluding carboxylic acids is 2. The van der Waals surface area contributed by atoms with Gasteiger partial charge in [0.15, 0.2) is 5.78 Å². The molecule has 0 aliphatic carbocycles. The van der Waals surface area contributed by atoms with E-state index in [9.17, 15) is 9.59 Å². The lowest BCUT2D eigenvalue weighted by atomic mass is 9.88. The lowest BCUT2D eigenvalue weighted by Gasteiger charge is -2.17. The van der Waals surface area contributed by atoms with Gasteiger partial charge < -0.3 is 14.2 Å². The predicted molar refractivity (Wildman–Crippen MR) is 96.8 cm³/mol. The number of Topliss-reactive ketones (excluding diaryl/α,β-unsaturated/α-hetero) is 1. The Morgan fingerprint density at radius 1 is 1.00 bits per heavy atom. The third kappa shape index (κ3) is 3.72. The predicted octanol–water partition coefficient (Wildman–Crippen LogP) is 3.77. The van der Waals surface area contributed by atoms with E-state index in [4.69, 9.17) is 14.2 Å². The van der Waals surface area contributed by atoms with Crippen LogP contribution < -0.4 is 9.47 Å². The van der Waals surface area contributed by atoms with Crippen molar-refractivity contribution in [1.82, 2.24) is 0 Å². The lowest BCUT2D eigenvalue weighted by Crippen LogP contribution is -2.32. The number of hydrogen-bond donors (Lipinski definition) is 0. The maximum atomic E-state index is 12.8. The zero-order chi connectivity index (χ0) is 18.5. The molecule has 2 aromatic carbocycles. The molecule has 1 aliphatic heterocycles. The van der Waals surface area contributed by atoms with Crippen LogP contribution in [0.3, 0.4) is 0 Å². The minimum absolute atomic E-state index is 0.0485. The Balaban J connectivity index is 1.80. The molecule has 0 unspecified atom stereocenters. The van der Waals surface area contributed by atoms with Gasteiger partial charge in [-0.1, -0.05) is 18.2 Å². The van der Waals surface area contributed by atoms with Crippen molar-refractivity contribution in [2.75, 3.05) is 13.2 Å². The van der Waals surface area contributed by atoms with E-state index in [1.807, 2.05) is 31.2 Å². The summed E-state index contributed by atoms with van der Waals surface area (Å²) in [5.74, 6) is 0.517. The van der Waals surface area contributed by atoms with Gasteiger partial charge in [0.1, 0.15) is 11.5 Å². The normalized spacial score (nSPS) is 17.9. The quantitative estimate of drug-likeness (QED) is 0.559. The van der Waals surface area contributed by atoms with Crippen molar-refractivity contribution in [3.8, 4) is 11.5 Å². The van der Waals surface area contributed by atoms with Crippen molar-refractivity contribution >= 4 is 11.8 Å².